The molecule has 0 bridgehead atoms. The molecule has 0 fully saturated rings. The van der Waals surface area contributed by atoms with E-state index in [1.54, 1.807) is 10.8 Å². The first-order valence-electron chi connectivity index (χ1n) is 5.87. The summed E-state index contributed by atoms with van der Waals surface area (Å²) in [5.74, 6) is 0. The van der Waals surface area contributed by atoms with E-state index in [9.17, 15) is 4.79 Å². The second kappa shape index (κ2) is 5.91. The highest BCUT2D eigenvalue weighted by molar-refractivity contribution is 5.73. The predicted octanol–water partition coefficient (Wildman–Crippen LogP) is 2.06. The van der Waals surface area contributed by atoms with Gasteiger partial charge in [0.2, 0.25) is 0 Å². The van der Waals surface area contributed by atoms with Crippen molar-refractivity contribution in [3.63, 3.8) is 0 Å². The number of allylic oxidation sites excluding steroid dienone is 1. The Bertz CT molecular complexity index is 531. The molecular weight excluding hydrogens is 226 g/mol. The standard InChI is InChI=1S/C14H15N3O/c1-2-10-17-14(13(11-18)15-16-17)9-8-12-6-4-3-5-7-12/h2-7,11H,1,8-10H2. The lowest BCUT2D eigenvalue weighted by atomic mass is 10.1. The number of carbonyl (C=O) groups excluding carboxylic acids is 1. The third-order valence-electron chi connectivity index (χ3n) is 2.77. The summed E-state index contributed by atoms with van der Waals surface area (Å²) in [4.78, 5) is 10.9. The zero-order chi connectivity index (χ0) is 12.8. The molecule has 0 spiro atoms. The van der Waals surface area contributed by atoms with Crippen LogP contribution < -0.4 is 0 Å². The minimum atomic E-state index is 0.424. The molecule has 0 amide bonds. The lowest BCUT2D eigenvalue weighted by Crippen LogP contribution is -2.06. The van der Waals surface area contributed by atoms with Crippen LogP contribution in [0.15, 0.2) is 43.0 Å². The van der Waals surface area contributed by atoms with E-state index in [1.807, 2.05) is 18.2 Å². The van der Waals surface area contributed by atoms with E-state index >= 15 is 0 Å². The van der Waals surface area contributed by atoms with Crippen molar-refractivity contribution >= 4 is 6.29 Å². The van der Waals surface area contributed by atoms with E-state index in [4.69, 9.17) is 0 Å². The van der Waals surface area contributed by atoms with Crippen LogP contribution in [-0.2, 0) is 19.4 Å². The molecule has 1 aromatic carbocycles. The van der Waals surface area contributed by atoms with Crippen LogP contribution in [0, 0.1) is 0 Å². The second-order valence-corrected chi connectivity index (χ2v) is 4.00. The van der Waals surface area contributed by atoms with Gasteiger partial charge < -0.3 is 0 Å². The average Bonchev–Trinajstić information content (AvgIpc) is 2.80. The number of aldehydes is 1. The summed E-state index contributed by atoms with van der Waals surface area (Å²) < 4.78 is 1.72. The van der Waals surface area contributed by atoms with Crippen molar-refractivity contribution in [2.45, 2.75) is 19.4 Å². The maximum atomic E-state index is 10.9. The van der Waals surface area contributed by atoms with Crippen molar-refractivity contribution in [2.75, 3.05) is 0 Å². The molecule has 4 nitrogen and oxygen atoms in total. The summed E-state index contributed by atoms with van der Waals surface area (Å²) in [7, 11) is 0. The molecule has 1 heterocycles. The molecule has 92 valence electrons. The number of nitrogens with zero attached hydrogens (tertiary/aromatic N) is 3. The first kappa shape index (κ1) is 12.2. The molecule has 0 aliphatic rings. The van der Waals surface area contributed by atoms with E-state index in [0.29, 0.717) is 12.2 Å². The molecule has 0 atom stereocenters. The topological polar surface area (TPSA) is 47.8 Å². The molecule has 2 aromatic rings. The summed E-state index contributed by atoms with van der Waals surface area (Å²) in [6.45, 7) is 4.25. The Morgan fingerprint density at radius 2 is 2.00 bits per heavy atom. The Kier molecular flexibility index (Phi) is 4.02. The average molecular weight is 241 g/mol. The summed E-state index contributed by atoms with van der Waals surface area (Å²) in [5, 5.41) is 7.82. The number of aromatic nitrogens is 3. The molecule has 0 saturated carbocycles. The fraction of sp³-hybridized carbons (Fsp3) is 0.214. The van der Waals surface area contributed by atoms with Gasteiger partial charge in [0.1, 0.15) is 5.69 Å². The maximum absolute atomic E-state index is 10.9. The summed E-state index contributed by atoms with van der Waals surface area (Å²) in [6, 6.07) is 10.2. The van der Waals surface area contributed by atoms with Gasteiger partial charge in [-0.15, -0.1) is 11.7 Å². The van der Waals surface area contributed by atoms with E-state index < -0.39 is 0 Å². The van der Waals surface area contributed by atoms with Gasteiger partial charge >= 0.3 is 0 Å². The van der Waals surface area contributed by atoms with Gasteiger partial charge in [-0.25, -0.2) is 4.68 Å². The van der Waals surface area contributed by atoms with Crippen LogP contribution in [0.3, 0.4) is 0 Å². The number of hydrogen-bond acceptors (Lipinski definition) is 3. The van der Waals surface area contributed by atoms with Crippen LogP contribution in [0.25, 0.3) is 0 Å². The number of benzene rings is 1. The van der Waals surface area contributed by atoms with Crippen molar-refractivity contribution in [2.24, 2.45) is 0 Å². The molecule has 2 rings (SSSR count). The highest BCUT2D eigenvalue weighted by Crippen LogP contribution is 2.09. The first-order chi connectivity index (χ1) is 8.85. The van der Waals surface area contributed by atoms with E-state index in [1.165, 1.54) is 5.56 Å². The van der Waals surface area contributed by atoms with Gasteiger partial charge in [-0.1, -0.05) is 41.6 Å². The van der Waals surface area contributed by atoms with Crippen molar-refractivity contribution in [1.82, 2.24) is 15.0 Å². The maximum Gasteiger partial charge on any atom is 0.172 e. The third-order valence-corrected chi connectivity index (χ3v) is 2.77. The highest BCUT2D eigenvalue weighted by atomic mass is 16.1. The number of rotatable bonds is 6. The molecule has 0 N–H and O–H groups in total. The number of aryl methyl sites for hydroxylation is 1. The quantitative estimate of drug-likeness (QED) is 0.574. The monoisotopic (exact) mass is 241 g/mol. The van der Waals surface area contributed by atoms with Gasteiger partial charge in [0, 0.05) is 0 Å². The molecule has 18 heavy (non-hydrogen) atoms. The van der Waals surface area contributed by atoms with Gasteiger partial charge in [-0.2, -0.15) is 0 Å². The van der Waals surface area contributed by atoms with Crippen LogP contribution in [0.2, 0.25) is 0 Å². The summed E-state index contributed by atoms with van der Waals surface area (Å²) >= 11 is 0. The zero-order valence-electron chi connectivity index (χ0n) is 10.1. The SMILES string of the molecule is C=CCn1nnc(C=O)c1CCc1ccccc1. The summed E-state index contributed by atoms with van der Waals surface area (Å²) in [6.07, 6.45) is 4.12. The number of hydrogen-bond donors (Lipinski definition) is 0. The van der Waals surface area contributed by atoms with Gasteiger partial charge in [0.05, 0.1) is 12.2 Å². The molecule has 0 radical (unpaired) electrons. The van der Waals surface area contributed by atoms with Crippen LogP contribution >= 0.6 is 0 Å². The van der Waals surface area contributed by atoms with Crippen LogP contribution in [-0.4, -0.2) is 21.3 Å². The third kappa shape index (κ3) is 2.71. The van der Waals surface area contributed by atoms with Crippen molar-refractivity contribution < 1.29 is 4.79 Å². The lowest BCUT2D eigenvalue weighted by molar-refractivity contribution is 0.111. The normalized spacial score (nSPS) is 10.2. The van der Waals surface area contributed by atoms with Gasteiger partial charge in [-0.3, -0.25) is 4.79 Å². The van der Waals surface area contributed by atoms with Gasteiger partial charge in [0.15, 0.2) is 6.29 Å². The highest BCUT2D eigenvalue weighted by Gasteiger charge is 2.11. The zero-order valence-corrected chi connectivity index (χ0v) is 10.1. The van der Waals surface area contributed by atoms with Crippen LogP contribution in [0.4, 0.5) is 0 Å². The van der Waals surface area contributed by atoms with Crippen molar-refractivity contribution in [1.29, 1.82) is 0 Å². The molecule has 1 aromatic heterocycles. The lowest BCUT2D eigenvalue weighted by Gasteiger charge is -2.04. The van der Waals surface area contributed by atoms with Crippen molar-refractivity contribution in [3.05, 3.63) is 59.9 Å². The largest absolute Gasteiger partial charge is 0.296 e. The molecule has 0 aliphatic heterocycles. The fourth-order valence-corrected chi connectivity index (χ4v) is 1.87. The van der Waals surface area contributed by atoms with E-state index in [-0.39, 0.29) is 0 Å². The minimum Gasteiger partial charge on any atom is -0.296 e. The number of carbonyl (C=O) groups is 1. The summed E-state index contributed by atoms with van der Waals surface area (Å²) in [5.41, 5.74) is 2.53. The van der Waals surface area contributed by atoms with Crippen LogP contribution in [0.5, 0.6) is 0 Å². The first-order valence-corrected chi connectivity index (χ1v) is 5.87. The molecule has 0 saturated heterocycles. The Labute approximate surface area is 106 Å². The Morgan fingerprint density at radius 1 is 1.22 bits per heavy atom. The predicted molar refractivity (Wildman–Crippen MR) is 69.5 cm³/mol. The van der Waals surface area contributed by atoms with Gasteiger partial charge in [0.25, 0.3) is 0 Å². The Balaban J connectivity index is 2.14. The smallest absolute Gasteiger partial charge is 0.172 e. The Hall–Kier alpha value is -2.23. The molecular formula is C14H15N3O. The minimum absolute atomic E-state index is 0.424. The van der Waals surface area contributed by atoms with Crippen molar-refractivity contribution in [3.8, 4) is 0 Å². The van der Waals surface area contributed by atoms with Crippen LogP contribution in [0.1, 0.15) is 21.7 Å². The molecule has 0 aliphatic carbocycles. The Morgan fingerprint density at radius 3 is 2.67 bits per heavy atom. The van der Waals surface area contributed by atoms with E-state index in [0.717, 1.165) is 24.8 Å². The second-order valence-electron chi connectivity index (χ2n) is 4.00. The van der Waals surface area contributed by atoms with E-state index in [2.05, 4.69) is 29.0 Å². The van der Waals surface area contributed by atoms with Gasteiger partial charge in [-0.05, 0) is 18.4 Å². The molecule has 4 heteroatoms. The molecule has 0 unspecified atom stereocenters. The fourth-order valence-electron chi connectivity index (χ4n) is 1.87.